The maximum Gasteiger partial charge on any atom is 0.122 e. The zero-order valence-corrected chi connectivity index (χ0v) is 21.1. The van der Waals surface area contributed by atoms with Crippen LogP contribution in [-0.4, -0.2) is 43.9 Å². The number of rotatable bonds is 7. The largest absolute Gasteiger partial charge is 0.493 e. The lowest BCUT2D eigenvalue weighted by Gasteiger charge is -2.28. The minimum absolute atomic E-state index is 0.612. The third-order valence-corrected chi connectivity index (χ3v) is 7.71. The number of halogens is 1. The van der Waals surface area contributed by atoms with Gasteiger partial charge in [0.05, 0.1) is 6.61 Å². The van der Waals surface area contributed by atoms with E-state index >= 15 is 0 Å². The van der Waals surface area contributed by atoms with Gasteiger partial charge in [-0.05, 0) is 96.6 Å². The van der Waals surface area contributed by atoms with Crippen molar-refractivity contribution in [2.45, 2.75) is 52.2 Å². The molecular formula is C31H37FN2O. The van der Waals surface area contributed by atoms with E-state index in [2.05, 4.69) is 78.7 Å². The van der Waals surface area contributed by atoms with Crippen molar-refractivity contribution in [2.24, 2.45) is 0 Å². The summed E-state index contributed by atoms with van der Waals surface area (Å²) in [6.45, 7) is 9.81. The molecule has 35 heavy (non-hydrogen) atoms. The summed E-state index contributed by atoms with van der Waals surface area (Å²) in [4.78, 5) is 2.36. The van der Waals surface area contributed by atoms with Gasteiger partial charge in [0.25, 0.3) is 0 Å². The fourth-order valence-corrected chi connectivity index (χ4v) is 5.54. The number of ether oxygens (including phenoxy) is 1. The summed E-state index contributed by atoms with van der Waals surface area (Å²) in [6.07, 6.45) is 2.78. The van der Waals surface area contributed by atoms with Crippen LogP contribution in [0.4, 0.5) is 4.39 Å². The Bertz CT molecular complexity index is 1170. The number of piperidine rings is 1. The molecule has 184 valence electrons. The van der Waals surface area contributed by atoms with Crippen LogP contribution in [-0.2, 0) is 13.0 Å². The smallest absolute Gasteiger partial charge is 0.122 e. The lowest BCUT2D eigenvalue weighted by molar-refractivity contribution is 0.143. The highest BCUT2D eigenvalue weighted by Gasteiger charge is 2.18. The van der Waals surface area contributed by atoms with Crippen LogP contribution in [0, 0.1) is 13.8 Å². The minimum atomic E-state index is -0.612. The van der Waals surface area contributed by atoms with E-state index in [1.807, 2.05) is 0 Å². The molecule has 3 nitrogen and oxygen atoms in total. The van der Waals surface area contributed by atoms with Crippen LogP contribution in [0.2, 0.25) is 0 Å². The van der Waals surface area contributed by atoms with E-state index < -0.39 is 6.17 Å². The molecule has 0 unspecified atom stereocenters. The first-order valence-electron chi connectivity index (χ1n) is 13.1. The standard InChI is InChI=1S/C31H37FN2O/c1-22-28(25-10-11-26-21-33-15-12-24(26)20-25)6-3-7-29(22)30-8-4-9-31(23(30)2)35-19-5-16-34-17-13-27(32)14-18-34/h3-4,6-11,20,27,33H,5,12-19,21H2,1-2H3. The van der Waals surface area contributed by atoms with Crippen molar-refractivity contribution in [1.29, 1.82) is 0 Å². The second-order valence-electron chi connectivity index (χ2n) is 10.0. The Morgan fingerprint density at radius 1 is 0.914 bits per heavy atom. The first-order chi connectivity index (χ1) is 17.1. The van der Waals surface area contributed by atoms with E-state index in [-0.39, 0.29) is 0 Å². The summed E-state index contributed by atoms with van der Waals surface area (Å²) < 4.78 is 19.6. The third kappa shape index (κ3) is 5.44. The Hall–Kier alpha value is -2.69. The molecule has 1 saturated heterocycles. The van der Waals surface area contributed by atoms with E-state index in [1.165, 1.54) is 44.5 Å². The van der Waals surface area contributed by atoms with Gasteiger partial charge >= 0.3 is 0 Å². The van der Waals surface area contributed by atoms with Gasteiger partial charge in [0.2, 0.25) is 0 Å². The van der Waals surface area contributed by atoms with Crippen LogP contribution in [0.25, 0.3) is 22.3 Å². The Balaban J connectivity index is 1.31. The summed E-state index contributed by atoms with van der Waals surface area (Å²) in [5.41, 5.74) is 10.5. The number of hydrogen-bond donors (Lipinski definition) is 1. The van der Waals surface area contributed by atoms with Gasteiger partial charge < -0.3 is 15.0 Å². The van der Waals surface area contributed by atoms with Crippen molar-refractivity contribution in [3.8, 4) is 28.0 Å². The van der Waals surface area contributed by atoms with Crippen molar-refractivity contribution in [3.05, 3.63) is 76.9 Å². The SMILES string of the molecule is Cc1c(OCCCN2CCC(F)CC2)cccc1-c1cccc(-c2ccc3c(c2)CCNC3)c1C. The van der Waals surface area contributed by atoms with Crippen molar-refractivity contribution in [3.63, 3.8) is 0 Å². The zero-order chi connectivity index (χ0) is 24.2. The van der Waals surface area contributed by atoms with E-state index in [0.29, 0.717) is 19.4 Å². The lowest BCUT2D eigenvalue weighted by Crippen LogP contribution is -2.35. The molecule has 0 saturated carbocycles. The fraction of sp³-hybridized carbons (Fsp3) is 0.419. The summed E-state index contributed by atoms with van der Waals surface area (Å²) in [5, 5.41) is 3.46. The summed E-state index contributed by atoms with van der Waals surface area (Å²) in [5.74, 6) is 0.955. The van der Waals surface area contributed by atoms with Crippen LogP contribution in [0.5, 0.6) is 5.75 Å². The number of benzene rings is 3. The predicted molar refractivity (Wildman–Crippen MR) is 143 cm³/mol. The van der Waals surface area contributed by atoms with Crippen LogP contribution >= 0.6 is 0 Å². The molecular weight excluding hydrogens is 435 g/mol. The Morgan fingerprint density at radius 3 is 2.49 bits per heavy atom. The predicted octanol–water partition coefficient (Wildman–Crippen LogP) is 6.49. The van der Waals surface area contributed by atoms with Crippen LogP contribution in [0.15, 0.2) is 54.6 Å². The number of nitrogens with zero attached hydrogens (tertiary/aromatic N) is 1. The maximum absolute atomic E-state index is 13.4. The number of hydrogen-bond acceptors (Lipinski definition) is 3. The number of nitrogens with one attached hydrogen (secondary N) is 1. The van der Waals surface area contributed by atoms with Crippen molar-refractivity contribution < 1.29 is 9.13 Å². The maximum atomic E-state index is 13.4. The monoisotopic (exact) mass is 472 g/mol. The molecule has 1 fully saturated rings. The molecule has 1 N–H and O–H groups in total. The van der Waals surface area contributed by atoms with Crippen LogP contribution < -0.4 is 10.1 Å². The van der Waals surface area contributed by atoms with Crippen LogP contribution in [0.1, 0.15) is 41.5 Å². The van der Waals surface area contributed by atoms with Gasteiger partial charge in [0, 0.05) is 26.2 Å². The van der Waals surface area contributed by atoms with Gasteiger partial charge in [0.15, 0.2) is 0 Å². The average Bonchev–Trinajstić information content (AvgIpc) is 2.88. The molecule has 2 aliphatic heterocycles. The zero-order valence-electron chi connectivity index (χ0n) is 21.1. The molecule has 3 aromatic carbocycles. The van der Waals surface area contributed by atoms with E-state index in [9.17, 15) is 4.39 Å². The van der Waals surface area contributed by atoms with Gasteiger partial charge in [-0.1, -0.05) is 48.5 Å². The average molecular weight is 473 g/mol. The highest BCUT2D eigenvalue weighted by atomic mass is 19.1. The van der Waals surface area contributed by atoms with Crippen molar-refractivity contribution in [1.82, 2.24) is 10.2 Å². The molecule has 4 heteroatoms. The van der Waals surface area contributed by atoms with E-state index in [1.54, 1.807) is 0 Å². The molecule has 2 aliphatic rings. The van der Waals surface area contributed by atoms with Gasteiger partial charge in [-0.2, -0.15) is 0 Å². The van der Waals surface area contributed by atoms with Crippen molar-refractivity contribution >= 4 is 0 Å². The molecule has 0 aromatic heterocycles. The minimum Gasteiger partial charge on any atom is -0.493 e. The fourth-order valence-electron chi connectivity index (χ4n) is 5.54. The number of fused-ring (bicyclic) bond motifs is 1. The normalized spacial score (nSPS) is 16.8. The van der Waals surface area contributed by atoms with E-state index in [0.717, 1.165) is 51.3 Å². The molecule has 5 rings (SSSR count). The van der Waals surface area contributed by atoms with Crippen molar-refractivity contribution in [2.75, 3.05) is 32.8 Å². The second kappa shape index (κ2) is 10.9. The molecule has 0 spiro atoms. The summed E-state index contributed by atoms with van der Waals surface area (Å²) in [7, 11) is 0. The van der Waals surface area contributed by atoms with Gasteiger partial charge in [0.1, 0.15) is 11.9 Å². The van der Waals surface area contributed by atoms with E-state index in [4.69, 9.17) is 4.74 Å². The Kier molecular flexibility index (Phi) is 7.50. The van der Waals surface area contributed by atoms with Gasteiger partial charge in [-0.15, -0.1) is 0 Å². The molecule has 0 bridgehead atoms. The Labute approximate surface area is 209 Å². The Morgan fingerprint density at radius 2 is 1.66 bits per heavy atom. The molecule has 0 amide bonds. The highest BCUT2D eigenvalue weighted by molar-refractivity contribution is 5.80. The van der Waals surface area contributed by atoms with Crippen LogP contribution in [0.3, 0.4) is 0 Å². The highest BCUT2D eigenvalue weighted by Crippen LogP contribution is 2.36. The first kappa shape index (κ1) is 24.0. The van der Waals surface area contributed by atoms with Gasteiger partial charge in [-0.3, -0.25) is 0 Å². The first-order valence-corrected chi connectivity index (χ1v) is 13.1. The quantitative estimate of drug-likeness (QED) is 0.398. The second-order valence-corrected chi connectivity index (χ2v) is 10.0. The third-order valence-electron chi connectivity index (χ3n) is 7.71. The molecule has 0 aliphatic carbocycles. The number of likely N-dealkylation sites (tertiary alicyclic amines) is 1. The number of alkyl halides is 1. The molecule has 0 atom stereocenters. The summed E-state index contributed by atoms with van der Waals surface area (Å²) in [6, 6.07) is 19.9. The summed E-state index contributed by atoms with van der Waals surface area (Å²) >= 11 is 0. The molecule has 0 radical (unpaired) electrons. The molecule has 3 aromatic rings. The molecule has 2 heterocycles. The van der Waals surface area contributed by atoms with Gasteiger partial charge in [-0.25, -0.2) is 4.39 Å². The lowest BCUT2D eigenvalue weighted by atomic mass is 9.89. The topological polar surface area (TPSA) is 24.5 Å².